The van der Waals surface area contributed by atoms with Gasteiger partial charge in [-0.25, -0.2) is 0 Å². The van der Waals surface area contributed by atoms with Crippen molar-refractivity contribution in [3.8, 4) is 0 Å². The molecule has 1 aliphatic rings. The highest BCUT2D eigenvalue weighted by Crippen LogP contribution is 2.44. The number of anilines is 1. The first-order valence-corrected chi connectivity index (χ1v) is 8.01. The van der Waals surface area contributed by atoms with E-state index < -0.39 is 0 Å². The van der Waals surface area contributed by atoms with Gasteiger partial charge in [0.25, 0.3) is 0 Å². The third kappa shape index (κ3) is 2.96. The molecule has 0 fully saturated rings. The van der Waals surface area contributed by atoms with Gasteiger partial charge in [-0.05, 0) is 56.3 Å². The molecule has 0 saturated carbocycles. The quantitative estimate of drug-likeness (QED) is 0.819. The van der Waals surface area contributed by atoms with E-state index >= 15 is 0 Å². The molecule has 0 unspecified atom stereocenters. The average molecular weight is 295 g/mol. The maximum Gasteiger partial charge on any atom is 0.0471 e. The third-order valence-corrected chi connectivity index (χ3v) is 4.90. The number of nitrogens with zero attached hydrogens (tertiary/aromatic N) is 1. The second-order valence-corrected chi connectivity index (χ2v) is 7.06. The first-order valence-electron chi connectivity index (χ1n) is 7.63. The summed E-state index contributed by atoms with van der Waals surface area (Å²) in [5, 5.41) is 4.32. The van der Waals surface area contributed by atoms with E-state index in [9.17, 15) is 0 Å². The highest BCUT2D eigenvalue weighted by atomic mass is 35.5. The van der Waals surface area contributed by atoms with Crippen molar-refractivity contribution in [2.45, 2.75) is 58.5 Å². The summed E-state index contributed by atoms with van der Waals surface area (Å²) in [4.78, 5) is 2.37. The second-order valence-electron chi connectivity index (χ2n) is 6.66. The van der Waals surface area contributed by atoms with Gasteiger partial charge in [0.1, 0.15) is 0 Å². The highest BCUT2D eigenvalue weighted by Gasteiger charge is 2.34. The summed E-state index contributed by atoms with van der Waals surface area (Å²) < 4.78 is 0. The van der Waals surface area contributed by atoms with Gasteiger partial charge in [0.2, 0.25) is 0 Å². The molecule has 1 aromatic carbocycles. The molecule has 1 N–H and O–H groups in total. The van der Waals surface area contributed by atoms with Gasteiger partial charge in [-0.3, -0.25) is 0 Å². The van der Waals surface area contributed by atoms with E-state index in [0.29, 0.717) is 5.92 Å². The van der Waals surface area contributed by atoms with Crippen LogP contribution in [-0.2, 0) is 6.54 Å². The minimum atomic E-state index is 0.192. The number of nitrogens with one attached hydrogen (secondary N) is 1. The number of benzene rings is 1. The van der Waals surface area contributed by atoms with Crippen molar-refractivity contribution < 1.29 is 0 Å². The van der Waals surface area contributed by atoms with Crippen molar-refractivity contribution in [1.29, 1.82) is 0 Å². The van der Waals surface area contributed by atoms with E-state index in [0.717, 1.165) is 24.5 Å². The Bertz CT molecular complexity index is 482. The zero-order valence-electron chi connectivity index (χ0n) is 13.4. The maximum absolute atomic E-state index is 6.48. The monoisotopic (exact) mass is 294 g/mol. The second kappa shape index (κ2) is 5.95. The van der Waals surface area contributed by atoms with Crippen molar-refractivity contribution in [2.75, 3.05) is 18.5 Å². The van der Waals surface area contributed by atoms with Crippen LogP contribution >= 0.6 is 11.6 Å². The summed E-state index contributed by atoms with van der Waals surface area (Å²) >= 11 is 6.48. The Labute approximate surface area is 128 Å². The van der Waals surface area contributed by atoms with E-state index in [2.05, 4.69) is 57.1 Å². The molecule has 0 saturated heterocycles. The standard InChI is InChI=1S/C17H27ClN2/c1-6-7-19-11-13-8-14-12(2)10-17(3,4)20(5)16(14)9-15(13)18/h8-9,12,19H,6-7,10-11H2,1-5H3/t12-/m1/s1. The first kappa shape index (κ1) is 15.7. The van der Waals surface area contributed by atoms with Gasteiger partial charge in [-0.15, -0.1) is 0 Å². The molecule has 1 aromatic rings. The molecule has 112 valence electrons. The third-order valence-electron chi connectivity index (χ3n) is 4.54. The Morgan fingerprint density at radius 3 is 2.75 bits per heavy atom. The lowest BCUT2D eigenvalue weighted by Crippen LogP contribution is -2.45. The Hall–Kier alpha value is -0.730. The molecule has 0 aromatic heterocycles. The summed E-state index contributed by atoms with van der Waals surface area (Å²) in [5.41, 5.74) is 4.14. The van der Waals surface area contributed by atoms with E-state index in [4.69, 9.17) is 11.6 Å². The van der Waals surface area contributed by atoms with Gasteiger partial charge in [0.15, 0.2) is 0 Å². The summed E-state index contributed by atoms with van der Waals surface area (Å²) in [6.45, 7) is 11.0. The summed E-state index contributed by atoms with van der Waals surface area (Å²) in [6, 6.07) is 4.45. The molecule has 20 heavy (non-hydrogen) atoms. The summed E-state index contributed by atoms with van der Waals surface area (Å²) in [7, 11) is 2.18. The van der Waals surface area contributed by atoms with Gasteiger partial charge in [-0.1, -0.05) is 31.5 Å². The molecule has 0 radical (unpaired) electrons. The molecule has 1 heterocycles. The number of hydrogen-bond acceptors (Lipinski definition) is 2. The Morgan fingerprint density at radius 1 is 1.40 bits per heavy atom. The fraction of sp³-hybridized carbons (Fsp3) is 0.647. The van der Waals surface area contributed by atoms with Crippen molar-refractivity contribution >= 4 is 17.3 Å². The van der Waals surface area contributed by atoms with Gasteiger partial charge in [-0.2, -0.15) is 0 Å². The summed E-state index contributed by atoms with van der Waals surface area (Å²) in [6.07, 6.45) is 2.33. The summed E-state index contributed by atoms with van der Waals surface area (Å²) in [5.74, 6) is 0.582. The molecule has 0 amide bonds. The maximum atomic E-state index is 6.48. The van der Waals surface area contributed by atoms with Crippen LogP contribution in [0.1, 0.15) is 57.6 Å². The first-order chi connectivity index (χ1) is 9.36. The lowest BCUT2D eigenvalue weighted by Gasteiger charge is -2.45. The molecule has 1 aliphatic heterocycles. The lowest BCUT2D eigenvalue weighted by atomic mass is 9.80. The van der Waals surface area contributed by atoms with Gasteiger partial charge in [0.05, 0.1) is 0 Å². The average Bonchev–Trinajstić information content (AvgIpc) is 2.37. The fourth-order valence-corrected chi connectivity index (χ4v) is 3.39. The van der Waals surface area contributed by atoms with Crippen LogP contribution in [0, 0.1) is 0 Å². The lowest BCUT2D eigenvalue weighted by molar-refractivity contribution is 0.395. The van der Waals surface area contributed by atoms with Gasteiger partial charge >= 0.3 is 0 Å². The molecule has 3 heteroatoms. The van der Waals surface area contributed by atoms with Crippen molar-refractivity contribution in [2.24, 2.45) is 0 Å². The van der Waals surface area contributed by atoms with Crippen LogP contribution in [0.25, 0.3) is 0 Å². The Kier molecular flexibility index (Phi) is 4.66. The van der Waals surface area contributed by atoms with Crippen LogP contribution in [-0.4, -0.2) is 19.1 Å². The minimum Gasteiger partial charge on any atom is -0.369 e. The van der Waals surface area contributed by atoms with Crippen LogP contribution in [0.2, 0.25) is 5.02 Å². The number of hydrogen-bond donors (Lipinski definition) is 1. The zero-order valence-corrected chi connectivity index (χ0v) is 14.1. The molecule has 1 atom stereocenters. The number of rotatable bonds is 4. The van der Waals surface area contributed by atoms with Crippen LogP contribution in [0.5, 0.6) is 0 Å². The molecule has 0 bridgehead atoms. The van der Waals surface area contributed by atoms with E-state index in [1.54, 1.807) is 0 Å². The predicted molar refractivity (Wildman–Crippen MR) is 89.0 cm³/mol. The van der Waals surface area contributed by atoms with Crippen LogP contribution in [0.15, 0.2) is 12.1 Å². The zero-order chi connectivity index (χ0) is 14.9. The minimum absolute atomic E-state index is 0.192. The molecule has 2 nitrogen and oxygen atoms in total. The largest absolute Gasteiger partial charge is 0.369 e. The smallest absolute Gasteiger partial charge is 0.0471 e. The molecule has 0 spiro atoms. The SMILES string of the molecule is CCCNCc1cc2c(cc1Cl)N(C)C(C)(C)C[C@H]2C. The molecule has 2 rings (SSSR count). The van der Waals surface area contributed by atoms with E-state index in [1.165, 1.54) is 23.2 Å². The number of halogens is 1. The molecular formula is C17H27ClN2. The Morgan fingerprint density at radius 2 is 2.10 bits per heavy atom. The Balaban J connectivity index is 2.33. The predicted octanol–water partition coefficient (Wildman–Crippen LogP) is 4.56. The van der Waals surface area contributed by atoms with Crippen LogP contribution in [0.3, 0.4) is 0 Å². The molecule has 0 aliphatic carbocycles. The normalized spacial score (nSPS) is 20.9. The van der Waals surface area contributed by atoms with Crippen LogP contribution in [0.4, 0.5) is 5.69 Å². The van der Waals surface area contributed by atoms with E-state index in [-0.39, 0.29) is 5.54 Å². The number of fused-ring (bicyclic) bond motifs is 1. The van der Waals surface area contributed by atoms with Crippen molar-refractivity contribution in [1.82, 2.24) is 5.32 Å². The highest BCUT2D eigenvalue weighted by molar-refractivity contribution is 6.31. The molecular weight excluding hydrogens is 268 g/mol. The van der Waals surface area contributed by atoms with Gasteiger partial charge < -0.3 is 10.2 Å². The van der Waals surface area contributed by atoms with Crippen molar-refractivity contribution in [3.63, 3.8) is 0 Å². The topological polar surface area (TPSA) is 15.3 Å². The van der Waals surface area contributed by atoms with Crippen molar-refractivity contribution in [3.05, 3.63) is 28.3 Å². The van der Waals surface area contributed by atoms with Crippen LogP contribution < -0.4 is 10.2 Å². The van der Waals surface area contributed by atoms with E-state index in [1.807, 2.05) is 0 Å². The van der Waals surface area contributed by atoms with Gasteiger partial charge in [0, 0.05) is 29.8 Å². The fourth-order valence-electron chi connectivity index (χ4n) is 3.17.